The van der Waals surface area contributed by atoms with E-state index in [4.69, 9.17) is 5.73 Å². The lowest BCUT2D eigenvalue weighted by Crippen LogP contribution is -1.98. The number of rotatable bonds is 3. The molecule has 5 rings (SSSR count). The second-order valence-corrected chi connectivity index (χ2v) is 6.10. The SMILES string of the molecule is Nc1nccc2ccc(-c3nccc4nc(Nc5ccccc5)nn34)cc12. The summed E-state index contributed by atoms with van der Waals surface area (Å²) in [5.74, 6) is 1.69. The van der Waals surface area contributed by atoms with E-state index < -0.39 is 0 Å². The van der Waals surface area contributed by atoms with Gasteiger partial charge < -0.3 is 11.1 Å². The summed E-state index contributed by atoms with van der Waals surface area (Å²) in [4.78, 5) is 13.2. The second-order valence-electron chi connectivity index (χ2n) is 6.10. The molecular weight excluding hydrogens is 338 g/mol. The summed E-state index contributed by atoms with van der Waals surface area (Å²) in [5, 5.41) is 9.70. The lowest BCUT2D eigenvalue weighted by atomic mass is 10.1. The molecule has 0 atom stereocenters. The molecule has 7 heteroatoms. The number of aromatic nitrogens is 5. The molecule has 0 aliphatic heterocycles. The number of fused-ring (bicyclic) bond motifs is 2. The minimum Gasteiger partial charge on any atom is -0.383 e. The fourth-order valence-electron chi connectivity index (χ4n) is 3.05. The third-order valence-electron chi connectivity index (χ3n) is 4.34. The molecule has 0 radical (unpaired) electrons. The lowest BCUT2D eigenvalue weighted by Gasteiger charge is -2.06. The molecule has 0 aliphatic rings. The Balaban J connectivity index is 1.62. The van der Waals surface area contributed by atoms with Gasteiger partial charge in [0, 0.05) is 35.1 Å². The quantitative estimate of drug-likeness (QED) is 0.514. The summed E-state index contributed by atoms with van der Waals surface area (Å²) >= 11 is 0. The molecular formula is C20H15N7. The lowest BCUT2D eigenvalue weighted by molar-refractivity contribution is 0.937. The van der Waals surface area contributed by atoms with Gasteiger partial charge in [0.1, 0.15) is 5.82 Å². The Kier molecular flexibility index (Phi) is 3.43. The van der Waals surface area contributed by atoms with Gasteiger partial charge >= 0.3 is 0 Å². The number of para-hydroxylation sites is 1. The third-order valence-corrected chi connectivity index (χ3v) is 4.34. The number of nitrogens with one attached hydrogen (secondary N) is 1. The van der Waals surface area contributed by atoms with Crippen LogP contribution in [0.1, 0.15) is 0 Å². The van der Waals surface area contributed by atoms with Crippen LogP contribution in [0, 0.1) is 0 Å². The predicted molar refractivity (Wildman–Crippen MR) is 106 cm³/mol. The average molecular weight is 353 g/mol. The Morgan fingerprint density at radius 3 is 2.63 bits per heavy atom. The van der Waals surface area contributed by atoms with Crippen molar-refractivity contribution in [2.45, 2.75) is 0 Å². The van der Waals surface area contributed by atoms with Crippen molar-refractivity contribution >= 4 is 33.9 Å². The summed E-state index contributed by atoms with van der Waals surface area (Å²) in [5.41, 5.74) is 8.55. The van der Waals surface area contributed by atoms with Gasteiger partial charge in [-0.25, -0.2) is 9.97 Å². The zero-order valence-electron chi connectivity index (χ0n) is 14.2. The molecule has 0 bridgehead atoms. The van der Waals surface area contributed by atoms with Crippen molar-refractivity contribution in [2.75, 3.05) is 11.1 Å². The van der Waals surface area contributed by atoms with Crippen LogP contribution in [0.5, 0.6) is 0 Å². The highest BCUT2D eigenvalue weighted by atomic mass is 15.4. The molecule has 0 spiro atoms. The number of hydrogen-bond donors (Lipinski definition) is 2. The number of hydrogen-bond acceptors (Lipinski definition) is 6. The van der Waals surface area contributed by atoms with E-state index >= 15 is 0 Å². The van der Waals surface area contributed by atoms with E-state index in [1.54, 1.807) is 16.9 Å². The van der Waals surface area contributed by atoms with Crippen molar-refractivity contribution < 1.29 is 0 Å². The highest BCUT2D eigenvalue weighted by Gasteiger charge is 2.11. The molecule has 2 aromatic carbocycles. The third kappa shape index (κ3) is 2.71. The van der Waals surface area contributed by atoms with Crippen molar-refractivity contribution in [2.24, 2.45) is 0 Å². The molecule has 5 aromatic rings. The maximum absolute atomic E-state index is 6.03. The Bertz CT molecular complexity index is 1260. The van der Waals surface area contributed by atoms with E-state index in [1.165, 1.54) is 0 Å². The first kappa shape index (κ1) is 15.3. The van der Waals surface area contributed by atoms with E-state index in [0.29, 0.717) is 23.2 Å². The van der Waals surface area contributed by atoms with E-state index in [2.05, 4.69) is 25.4 Å². The van der Waals surface area contributed by atoms with E-state index in [1.807, 2.05) is 60.7 Å². The van der Waals surface area contributed by atoms with Gasteiger partial charge in [0.05, 0.1) is 0 Å². The monoisotopic (exact) mass is 353 g/mol. The number of benzene rings is 2. The van der Waals surface area contributed by atoms with E-state index in [0.717, 1.165) is 22.0 Å². The van der Waals surface area contributed by atoms with Crippen molar-refractivity contribution in [3.63, 3.8) is 0 Å². The standard InChI is InChI=1S/C20H15N7/c21-18-16-12-14(7-6-13(16)8-10-22-18)19-23-11-9-17-25-20(26-27(17)19)24-15-4-2-1-3-5-15/h1-12H,(H2,21,22)(H,24,26). The predicted octanol–water partition coefficient (Wildman–Crippen LogP) is 3.67. The van der Waals surface area contributed by atoms with Gasteiger partial charge in [-0.05, 0) is 29.7 Å². The molecule has 0 unspecified atom stereocenters. The summed E-state index contributed by atoms with van der Waals surface area (Å²) in [7, 11) is 0. The molecule has 3 N–H and O–H groups in total. The van der Waals surface area contributed by atoms with Crippen LogP contribution in [0.4, 0.5) is 17.5 Å². The van der Waals surface area contributed by atoms with Gasteiger partial charge in [0.25, 0.3) is 0 Å². The molecule has 0 saturated heterocycles. The van der Waals surface area contributed by atoms with Gasteiger partial charge in [-0.3, -0.25) is 0 Å². The molecule has 3 heterocycles. The number of nitrogens with zero attached hydrogens (tertiary/aromatic N) is 5. The summed E-state index contributed by atoms with van der Waals surface area (Å²) in [6.45, 7) is 0. The fourth-order valence-corrected chi connectivity index (χ4v) is 3.05. The summed E-state index contributed by atoms with van der Waals surface area (Å²) < 4.78 is 1.72. The normalized spacial score (nSPS) is 11.1. The number of nitrogens with two attached hydrogens (primary N) is 1. The molecule has 0 aliphatic carbocycles. The Morgan fingerprint density at radius 1 is 0.889 bits per heavy atom. The zero-order valence-corrected chi connectivity index (χ0v) is 14.2. The maximum atomic E-state index is 6.03. The van der Waals surface area contributed by atoms with Crippen LogP contribution in [0.15, 0.2) is 73.1 Å². The number of anilines is 3. The number of pyridine rings is 1. The van der Waals surface area contributed by atoms with Crippen molar-refractivity contribution in [3.05, 3.63) is 73.1 Å². The largest absolute Gasteiger partial charge is 0.383 e. The number of nitrogen functional groups attached to an aromatic ring is 1. The van der Waals surface area contributed by atoms with Crippen LogP contribution in [0.3, 0.4) is 0 Å². The smallest absolute Gasteiger partial charge is 0.247 e. The molecule has 27 heavy (non-hydrogen) atoms. The Morgan fingerprint density at radius 2 is 1.74 bits per heavy atom. The molecule has 7 nitrogen and oxygen atoms in total. The highest BCUT2D eigenvalue weighted by molar-refractivity contribution is 5.93. The molecule has 130 valence electrons. The van der Waals surface area contributed by atoms with Crippen LogP contribution in [-0.2, 0) is 0 Å². The minimum absolute atomic E-state index is 0.492. The van der Waals surface area contributed by atoms with Crippen LogP contribution < -0.4 is 11.1 Å². The van der Waals surface area contributed by atoms with Crippen molar-refractivity contribution in [3.8, 4) is 11.4 Å². The molecule has 0 fully saturated rings. The van der Waals surface area contributed by atoms with Gasteiger partial charge in [-0.15, -0.1) is 5.10 Å². The van der Waals surface area contributed by atoms with Crippen LogP contribution in [-0.4, -0.2) is 24.6 Å². The maximum Gasteiger partial charge on any atom is 0.247 e. The van der Waals surface area contributed by atoms with Crippen LogP contribution in [0.25, 0.3) is 27.8 Å². The van der Waals surface area contributed by atoms with Gasteiger partial charge in [-0.1, -0.05) is 30.3 Å². The van der Waals surface area contributed by atoms with Crippen molar-refractivity contribution in [1.29, 1.82) is 0 Å². The summed E-state index contributed by atoms with van der Waals surface area (Å²) in [6.07, 6.45) is 3.43. The molecule has 0 saturated carbocycles. The fraction of sp³-hybridized carbons (Fsp3) is 0. The van der Waals surface area contributed by atoms with Gasteiger partial charge in [-0.2, -0.15) is 9.50 Å². The Hall–Kier alpha value is -4.00. The average Bonchev–Trinajstić information content (AvgIpc) is 3.11. The molecule has 3 aromatic heterocycles. The highest BCUT2D eigenvalue weighted by Crippen LogP contribution is 2.26. The van der Waals surface area contributed by atoms with E-state index in [9.17, 15) is 0 Å². The first-order valence-electron chi connectivity index (χ1n) is 8.46. The first-order valence-corrected chi connectivity index (χ1v) is 8.46. The topological polar surface area (TPSA) is 94.0 Å². The van der Waals surface area contributed by atoms with Gasteiger partial charge in [0.2, 0.25) is 5.95 Å². The van der Waals surface area contributed by atoms with Crippen LogP contribution >= 0.6 is 0 Å². The minimum atomic E-state index is 0.492. The zero-order chi connectivity index (χ0) is 18.2. The van der Waals surface area contributed by atoms with Crippen molar-refractivity contribution in [1.82, 2.24) is 24.6 Å². The Labute approximate surface area is 154 Å². The van der Waals surface area contributed by atoms with Crippen LogP contribution in [0.2, 0.25) is 0 Å². The van der Waals surface area contributed by atoms with E-state index in [-0.39, 0.29) is 0 Å². The molecule has 0 amide bonds. The second kappa shape index (κ2) is 6.06. The van der Waals surface area contributed by atoms with Gasteiger partial charge in [0.15, 0.2) is 11.5 Å². The first-order chi connectivity index (χ1) is 13.3. The summed E-state index contributed by atoms with van der Waals surface area (Å²) in [6, 6.07) is 19.5.